The molecular formula is C7H10O2. The maximum atomic E-state index is 10.4. The van der Waals surface area contributed by atoms with E-state index in [2.05, 4.69) is 0 Å². The van der Waals surface area contributed by atoms with Gasteiger partial charge in [0, 0.05) is 0 Å². The molecule has 0 amide bonds. The molecule has 1 N–H and O–H groups in total. The Kier molecular flexibility index (Phi) is 0.875. The summed E-state index contributed by atoms with van der Waals surface area (Å²) in [4.78, 5) is 10.4. The molecule has 2 bridgehead atoms. The van der Waals surface area contributed by atoms with Gasteiger partial charge in [-0.2, -0.15) is 0 Å². The van der Waals surface area contributed by atoms with Crippen molar-refractivity contribution < 1.29 is 9.90 Å². The zero-order valence-electron chi connectivity index (χ0n) is 5.21. The van der Waals surface area contributed by atoms with Crippen molar-refractivity contribution in [2.45, 2.75) is 19.3 Å². The first-order valence-electron chi connectivity index (χ1n) is 3.50. The van der Waals surface area contributed by atoms with E-state index < -0.39 is 5.97 Å². The summed E-state index contributed by atoms with van der Waals surface area (Å²) < 4.78 is 0. The molecule has 2 nitrogen and oxygen atoms in total. The Morgan fingerprint density at radius 2 is 2.00 bits per heavy atom. The van der Waals surface area contributed by atoms with Crippen LogP contribution in [0.15, 0.2) is 0 Å². The predicted molar refractivity (Wildman–Crippen MR) is 32.0 cm³/mol. The summed E-state index contributed by atoms with van der Waals surface area (Å²) in [5.41, 5.74) is 0. The van der Waals surface area contributed by atoms with Gasteiger partial charge >= 0.3 is 5.97 Å². The van der Waals surface area contributed by atoms with Crippen molar-refractivity contribution in [3.63, 3.8) is 0 Å². The van der Waals surface area contributed by atoms with Crippen molar-refractivity contribution in [2.75, 3.05) is 0 Å². The second kappa shape index (κ2) is 1.49. The lowest BCUT2D eigenvalue weighted by atomic mass is 9.83. The summed E-state index contributed by atoms with van der Waals surface area (Å²) in [7, 11) is 0. The Morgan fingerprint density at radius 1 is 1.33 bits per heavy atom. The summed E-state index contributed by atoms with van der Waals surface area (Å²) in [5, 5.41) is 8.61. The number of rotatable bonds is 1. The first-order valence-corrected chi connectivity index (χ1v) is 3.50. The monoisotopic (exact) mass is 126 g/mol. The van der Waals surface area contributed by atoms with Crippen LogP contribution in [0.25, 0.3) is 0 Å². The maximum Gasteiger partial charge on any atom is 0.306 e. The Labute approximate surface area is 53.9 Å². The van der Waals surface area contributed by atoms with E-state index in [0.717, 1.165) is 12.3 Å². The Bertz CT molecular complexity index is 147. The van der Waals surface area contributed by atoms with E-state index in [4.69, 9.17) is 5.11 Å². The number of hydrogen-bond acceptors (Lipinski definition) is 1. The van der Waals surface area contributed by atoms with Gasteiger partial charge in [0.2, 0.25) is 0 Å². The van der Waals surface area contributed by atoms with Gasteiger partial charge in [-0.1, -0.05) is 0 Å². The standard InChI is InChI=1S/C7H10O2/c8-7(9)6-3-4-1-5(6)2-4/h4-6H,1-3H2,(H,8,9). The van der Waals surface area contributed by atoms with Gasteiger partial charge in [-0.3, -0.25) is 4.79 Å². The molecule has 50 valence electrons. The second-order valence-corrected chi connectivity index (χ2v) is 3.28. The molecule has 3 aliphatic rings. The molecular weight excluding hydrogens is 116 g/mol. The first-order chi connectivity index (χ1) is 4.27. The molecule has 3 saturated carbocycles. The van der Waals surface area contributed by atoms with Crippen LogP contribution in [0.2, 0.25) is 0 Å². The van der Waals surface area contributed by atoms with E-state index in [1.807, 2.05) is 0 Å². The van der Waals surface area contributed by atoms with Crippen LogP contribution in [0, 0.1) is 17.8 Å². The largest absolute Gasteiger partial charge is 0.481 e. The summed E-state index contributed by atoms with van der Waals surface area (Å²) >= 11 is 0. The maximum absolute atomic E-state index is 10.4. The summed E-state index contributed by atoms with van der Waals surface area (Å²) in [6, 6.07) is 0. The molecule has 0 spiro atoms. The van der Waals surface area contributed by atoms with Crippen LogP contribution in [0.1, 0.15) is 19.3 Å². The Hall–Kier alpha value is -0.530. The molecule has 1 unspecified atom stereocenters. The van der Waals surface area contributed by atoms with Crippen LogP contribution < -0.4 is 0 Å². The molecule has 1 atom stereocenters. The Morgan fingerprint density at radius 3 is 2.22 bits per heavy atom. The molecule has 0 heterocycles. The lowest BCUT2D eigenvalue weighted by Crippen LogP contribution is -2.19. The molecule has 3 rings (SSSR count). The van der Waals surface area contributed by atoms with Crippen molar-refractivity contribution in [1.82, 2.24) is 0 Å². The molecule has 2 heteroatoms. The molecule has 0 aliphatic heterocycles. The zero-order valence-corrected chi connectivity index (χ0v) is 5.21. The normalized spacial score (nSPS) is 46.4. The lowest BCUT2D eigenvalue weighted by molar-refractivity contribution is -0.142. The fourth-order valence-corrected chi connectivity index (χ4v) is 2.16. The van der Waals surface area contributed by atoms with Crippen LogP contribution in [-0.4, -0.2) is 11.1 Å². The van der Waals surface area contributed by atoms with E-state index in [-0.39, 0.29) is 5.92 Å². The smallest absolute Gasteiger partial charge is 0.306 e. The third-order valence-electron chi connectivity index (χ3n) is 2.75. The molecule has 3 fully saturated rings. The molecule has 0 aromatic carbocycles. The van der Waals surface area contributed by atoms with Gasteiger partial charge in [0.15, 0.2) is 0 Å². The Balaban J connectivity index is 2.08. The van der Waals surface area contributed by atoms with Crippen LogP contribution in [-0.2, 0) is 4.79 Å². The average Bonchev–Trinajstić information content (AvgIpc) is 2.12. The molecule has 3 aliphatic carbocycles. The molecule has 0 saturated heterocycles. The van der Waals surface area contributed by atoms with Gasteiger partial charge in [0.05, 0.1) is 5.92 Å². The summed E-state index contributed by atoms with van der Waals surface area (Å²) in [6.45, 7) is 0. The minimum absolute atomic E-state index is 0.0231. The van der Waals surface area contributed by atoms with E-state index in [9.17, 15) is 4.79 Å². The van der Waals surface area contributed by atoms with E-state index in [0.29, 0.717) is 5.92 Å². The number of carboxylic acid groups (broad SMARTS) is 1. The summed E-state index contributed by atoms with van der Waals surface area (Å²) in [5.74, 6) is 0.776. The minimum Gasteiger partial charge on any atom is -0.481 e. The van der Waals surface area contributed by atoms with Crippen molar-refractivity contribution in [2.24, 2.45) is 17.8 Å². The van der Waals surface area contributed by atoms with E-state index >= 15 is 0 Å². The van der Waals surface area contributed by atoms with Crippen LogP contribution in [0.3, 0.4) is 0 Å². The van der Waals surface area contributed by atoms with Gasteiger partial charge in [0.25, 0.3) is 0 Å². The third kappa shape index (κ3) is 0.590. The fourth-order valence-electron chi connectivity index (χ4n) is 2.16. The third-order valence-corrected chi connectivity index (χ3v) is 2.75. The highest BCUT2D eigenvalue weighted by Gasteiger charge is 2.47. The van der Waals surface area contributed by atoms with Crippen molar-refractivity contribution in [3.8, 4) is 0 Å². The molecule has 0 aromatic heterocycles. The minimum atomic E-state index is -0.569. The number of carboxylic acids is 1. The molecule has 0 aromatic rings. The van der Waals surface area contributed by atoms with Crippen LogP contribution >= 0.6 is 0 Å². The zero-order chi connectivity index (χ0) is 6.43. The van der Waals surface area contributed by atoms with Crippen molar-refractivity contribution in [3.05, 3.63) is 0 Å². The SMILES string of the molecule is O=C(O)C1CC2CC1C2. The second-order valence-electron chi connectivity index (χ2n) is 3.28. The topological polar surface area (TPSA) is 37.3 Å². The highest BCUT2D eigenvalue weighted by Crippen LogP contribution is 2.52. The van der Waals surface area contributed by atoms with Gasteiger partial charge in [0.1, 0.15) is 0 Å². The number of aliphatic carboxylic acids is 1. The number of carbonyl (C=O) groups is 1. The van der Waals surface area contributed by atoms with Crippen molar-refractivity contribution >= 4 is 5.97 Å². The molecule has 9 heavy (non-hydrogen) atoms. The van der Waals surface area contributed by atoms with E-state index in [1.54, 1.807) is 0 Å². The number of fused-ring (bicyclic) bond motifs is 1. The van der Waals surface area contributed by atoms with Crippen molar-refractivity contribution in [1.29, 1.82) is 0 Å². The van der Waals surface area contributed by atoms with E-state index in [1.165, 1.54) is 12.8 Å². The van der Waals surface area contributed by atoms with Gasteiger partial charge in [-0.25, -0.2) is 0 Å². The van der Waals surface area contributed by atoms with Gasteiger partial charge in [-0.15, -0.1) is 0 Å². The highest BCUT2D eigenvalue weighted by molar-refractivity contribution is 5.71. The quantitative estimate of drug-likeness (QED) is 0.571. The van der Waals surface area contributed by atoms with Gasteiger partial charge < -0.3 is 5.11 Å². The average molecular weight is 126 g/mol. The van der Waals surface area contributed by atoms with Crippen LogP contribution in [0.5, 0.6) is 0 Å². The van der Waals surface area contributed by atoms with Gasteiger partial charge in [-0.05, 0) is 31.1 Å². The highest BCUT2D eigenvalue weighted by atomic mass is 16.4. The number of hydrogen-bond donors (Lipinski definition) is 1. The predicted octanol–water partition coefficient (Wildman–Crippen LogP) is 1.12. The molecule has 0 radical (unpaired) electrons. The van der Waals surface area contributed by atoms with Crippen LogP contribution in [0.4, 0.5) is 0 Å². The summed E-state index contributed by atoms with van der Waals surface area (Å²) in [6.07, 6.45) is 3.34. The first kappa shape index (κ1) is 5.27. The fraction of sp³-hybridized carbons (Fsp3) is 0.857. The lowest BCUT2D eigenvalue weighted by Gasteiger charge is -2.22.